The topological polar surface area (TPSA) is 38.8 Å². The van der Waals surface area contributed by atoms with E-state index in [4.69, 9.17) is 21.1 Å². The van der Waals surface area contributed by atoms with E-state index in [-0.39, 0.29) is 12.0 Å². The molecule has 4 nitrogen and oxygen atoms in total. The molecule has 1 unspecified atom stereocenters. The number of nitrogens with zero attached hydrogens (tertiary/aromatic N) is 1. The number of carbonyl (C=O) groups excluding carboxylic acids is 1. The number of amides is 1. The predicted molar refractivity (Wildman–Crippen MR) is 103 cm³/mol. The molecule has 1 atom stereocenters. The van der Waals surface area contributed by atoms with Crippen molar-refractivity contribution in [3.05, 3.63) is 64.2 Å². The molecule has 0 saturated carbocycles. The molecular weight excluding hydrogens is 350 g/mol. The van der Waals surface area contributed by atoms with Gasteiger partial charge in [0, 0.05) is 29.6 Å². The van der Waals surface area contributed by atoms with Crippen molar-refractivity contribution in [2.24, 2.45) is 0 Å². The first-order chi connectivity index (χ1) is 12.3. The van der Waals surface area contributed by atoms with Gasteiger partial charge in [-0.15, -0.1) is 0 Å². The van der Waals surface area contributed by atoms with E-state index in [1.807, 2.05) is 42.5 Å². The molecule has 0 N–H and O–H groups in total. The molecule has 0 radical (unpaired) electrons. The first-order valence-electron chi connectivity index (χ1n) is 8.69. The molecule has 1 aliphatic heterocycles. The zero-order chi connectivity index (χ0) is 18.9. The Labute approximate surface area is 159 Å². The molecule has 2 aromatic carbocycles. The van der Waals surface area contributed by atoms with Crippen molar-refractivity contribution >= 4 is 17.7 Å². The molecule has 0 saturated heterocycles. The van der Waals surface area contributed by atoms with Crippen LogP contribution in [0.5, 0.6) is 5.75 Å². The van der Waals surface area contributed by atoms with E-state index >= 15 is 0 Å². The van der Waals surface area contributed by atoms with Gasteiger partial charge in [-0.2, -0.15) is 0 Å². The molecule has 1 heterocycles. The average molecular weight is 374 g/mol. The minimum atomic E-state index is -0.407. The SMILES string of the molecule is CN(C(=O)OCc1ccccc1)C1Cc2cc(Cl)cc(C(C)(C)C)c2O1. The standard InChI is InChI=1S/C21H24ClNO3/c1-21(2,3)17-12-16(22)10-15-11-18(26-19(15)17)23(4)20(24)25-13-14-8-6-5-7-9-14/h5-10,12,18H,11,13H2,1-4H3. The first-order valence-corrected chi connectivity index (χ1v) is 9.06. The van der Waals surface area contributed by atoms with Crippen LogP contribution in [0, 0.1) is 0 Å². The molecule has 2 aromatic rings. The Morgan fingerprint density at radius 2 is 1.96 bits per heavy atom. The van der Waals surface area contributed by atoms with E-state index in [1.54, 1.807) is 7.05 Å². The quantitative estimate of drug-likeness (QED) is 0.745. The number of hydrogen-bond donors (Lipinski definition) is 0. The second kappa shape index (κ2) is 7.20. The van der Waals surface area contributed by atoms with Gasteiger partial charge >= 0.3 is 6.09 Å². The zero-order valence-electron chi connectivity index (χ0n) is 15.6. The summed E-state index contributed by atoms with van der Waals surface area (Å²) in [5, 5.41) is 0.687. The number of rotatable bonds is 3. The van der Waals surface area contributed by atoms with Crippen LogP contribution in [0.15, 0.2) is 42.5 Å². The third kappa shape index (κ3) is 3.96. The summed E-state index contributed by atoms with van der Waals surface area (Å²) in [4.78, 5) is 13.9. The molecule has 0 bridgehead atoms. The highest BCUT2D eigenvalue weighted by Gasteiger charge is 2.34. The molecular formula is C21H24ClNO3. The van der Waals surface area contributed by atoms with Crippen molar-refractivity contribution in [2.75, 3.05) is 7.05 Å². The molecule has 138 valence electrons. The second-order valence-electron chi connectivity index (χ2n) is 7.62. The summed E-state index contributed by atoms with van der Waals surface area (Å²) in [6.07, 6.45) is -0.210. The van der Waals surface area contributed by atoms with Crippen LogP contribution in [0.4, 0.5) is 4.79 Å². The van der Waals surface area contributed by atoms with Gasteiger partial charge < -0.3 is 9.47 Å². The number of benzene rings is 2. The third-order valence-electron chi connectivity index (χ3n) is 4.51. The summed E-state index contributed by atoms with van der Waals surface area (Å²) >= 11 is 6.28. The summed E-state index contributed by atoms with van der Waals surface area (Å²) in [6, 6.07) is 13.5. The molecule has 0 aromatic heterocycles. The summed E-state index contributed by atoms with van der Waals surface area (Å²) in [5.41, 5.74) is 2.92. The predicted octanol–water partition coefficient (Wildman–Crippen LogP) is 5.17. The van der Waals surface area contributed by atoms with E-state index in [9.17, 15) is 4.79 Å². The van der Waals surface area contributed by atoms with E-state index in [2.05, 4.69) is 20.8 Å². The highest BCUT2D eigenvalue weighted by molar-refractivity contribution is 6.30. The minimum absolute atomic E-state index is 0.101. The van der Waals surface area contributed by atoms with Crippen molar-refractivity contribution in [1.82, 2.24) is 4.90 Å². The number of likely N-dealkylation sites (N-methyl/N-ethyl adjacent to an activating group) is 1. The van der Waals surface area contributed by atoms with Crippen LogP contribution in [0.1, 0.15) is 37.5 Å². The summed E-state index contributed by atoms with van der Waals surface area (Å²) in [6.45, 7) is 6.59. The summed E-state index contributed by atoms with van der Waals surface area (Å²) in [5.74, 6) is 0.828. The molecule has 1 amide bonds. The average Bonchev–Trinajstić information content (AvgIpc) is 3.01. The first kappa shape index (κ1) is 18.6. The zero-order valence-corrected chi connectivity index (χ0v) is 16.3. The molecule has 5 heteroatoms. The fourth-order valence-electron chi connectivity index (χ4n) is 3.02. The number of fused-ring (bicyclic) bond motifs is 1. The molecule has 0 spiro atoms. The van der Waals surface area contributed by atoms with Crippen molar-refractivity contribution in [2.45, 2.75) is 45.4 Å². The molecule has 1 aliphatic rings. The van der Waals surface area contributed by atoms with E-state index in [0.29, 0.717) is 11.4 Å². The van der Waals surface area contributed by atoms with Gasteiger partial charge in [-0.3, -0.25) is 4.90 Å². The maximum atomic E-state index is 12.4. The van der Waals surface area contributed by atoms with Gasteiger partial charge in [-0.25, -0.2) is 4.79 Å². The van der Waals surface area contributed by atoms with Gasteiger partial charge in [0.15, 0.2) is 6.23 Å². The number of hydrogen-bond acceptors (Lipinski definition) is 3. The van der Waals surface area contributed by atoms with Crippen LogP contribution >= 0.6 is 11.6 Å². The monoisotopic (exact) mass is 373 g/mol. The Morgan fingerprint density at radius 1 is 1.27 bits per heavy atom. The lowest BCUT2D eigenvalue weighted by Crippen LogP contribution is -2.40. The van der Waals surface area contributed by atoms with Crippen LogP contribution in [0.3, 0.4) is 0 Å². The van der Waals surface area contributed by atoms with Crippen molar-refractivity contribution < 1.29 is 14.3 Å². The van der Waals surface area contributed by atoms with Gasteiger partial charge in [-0.05, 0) is 23.1 Å². The Kier molecular flexibility index (Phi) is 5.15. The highest BCUT2D eigenvalue weighted by atomic mass is 35.5. The lowest BCUT2D eigenvalue weighted by atomic mass is 9.85. The molecule has 0 fully saturated rings. The maximum Gasteiger partial charge on any atom is 0.412 e. The van der Waals surface area contributed by atoms with Crippen molar-refractivity contribution in [3.63, 3.8) is 0 Å². The largest absolute Gasteiger partial charge is 0.469 e. The fraction of sp³-hybridized carbons (Fsp3) is 0.381. The van der Waals surface area contributed by atoms with Crippen molar-refractivity contribution in [3.8, 4) is 5.75 Å². The van der Waals surface area contributed by atoms with Crippen molar-refractivity contribution in [1.29, 1.82) is 0 Å². The Bertz CT molecular complexity index is 799. The van der Waals surface area contributed by atoms with Gasteiger partial charge in [-0.1, -0.05) is 62.7 Å². The number of ether oxygens (including phenoxy) is 2. The van der Waals surface area contributed by atoms with Crippen LogP contribution in [0.25, 0.3) is 0 Å². The molecule has 26 heavy (non-hydrogen) atoms. The van der Waals surface area contributed by atoms with Crippen LogP contribution < -0.4 is 4.74 Å². The Hall–Kier alpha value is -2.20. The maximum absolute atomic E-state index is 12.4. The lowest BCUT2D eigenvalue weighted by Gasteiger charge is -2.25. The third-order valence-corrected chi connectivity index (χ3v) is 4.73. The summed E-state index contributed by atoms with van der Waals surface area (Å²) < 4.78 is 11.5. The van der Waals surface area contributed by atoms with E-state index in [0.717, 1.165) is 22.4 Å². The molecule has 0 aliphatic carbocycles. The Balaban J connectivity index is 1.70. The van der Waals surface area contributed by atoms with E-state index < -0.39 is 12.3 Å². The lowest BCUT2D eigenvalue weighted by molar-refractivity contribution is 0.0368. The smallest absolute Gasteiger partial charge is 0.412 e. The van der Waals surface area contributed by atoms with Crippen LogP contribution in [0.2, 0.25) is 5.02 Å². The Morgan fingerprint density at radius 3 is 2.62 bits per heavy atom. The minimum Gasteiger partial charge on any atom is -0.469 e. The number of carbonyl (C=O) groups is 1. The van der Waals surface area contributed by atoms with Crippen LogP contribution in [-0.2, 0) is 23.2 Å². The van der Waals surface area contributed by atoms with E-state index in [1.165, 1.54) is 4.90 Å². The fourth-order valence-corrected chi connectivity index (χ4v) is 3.26. The van der Waals surface area contributed by atoms with Gasteiger partial charge in [0.1, 0.15) is 12.4 Å². The number of halogens is 1. The van der Waals surface area contributed by atoms with Crippen LogP contribution in [-0.4, -0.2) is 24.3 Å². The normalized spacial score (nSPS) is 16.0. The highest BCUT2D eigenvalue weighted by Crippen LogP contribution is 2.41. The van der Waals surface area contributed by atoms with Gasteiger partial charge in [0.25, 0.3) is 0 Å². The van der Waals surface area contributed by atoms with Gasteiger partial charge in [0.2, 0.25) is 0 Å². The molecule has 3 rings (SSSR count). The summed E-state index contributed by atoms with van der Waals surface area (Å²) in [7, 11) is 1.70. The van der Waals surface area contributed by atoms with Gasteiger partial charge in [0.05, 0.1) is 0 Å². The second-order valence-corrected chi connectivity index (χ2v) is 8.06.